The molecule has 7 heteroatoms. The van der Waals surface area contributed by atoms with Crippen LogP contribution in [0.4, 0.5) is 17.5 Å². The van der Waals surface area contributed by atoms with E-state index in [9.17, 15) is 0 Å². The molecule has 1 aliphatic carbocycles. The van der Waals surface area contributed by atoms with Crippen molar-refractivity contribution < 1.29 is 0 Å². The lowest BCUT2D eigenvalue weighted by Gasteiger charge is -2.12. The molecule has 1 aromatic carbocycles. The van der Waals surface area contributed by atoms with Gasteiger partial charge in [-0.15, -0.1) is 0 Å². The largest absolute Gasteiger partial charge is 0.351 e. The Morgan fingerprint density at radius 3 is 2.64 bits per heavy atom. The molecule has 4 rings (SSSR count). The van der Waals surface area contributed by atoms with Crippen molar-refractivity contribution in [2.45, 2.75) is 18.9 Å². The molecule has 0 bridgehead atoms. The third-order valence-corrected chi connectivity index (χ3v) is 4.34. The van der Waals surface area contributed by atoms with Crippen LogP contribution >= 0.6 is 23.2 Å². The van der Waals surface area contributed by atoms with Crippen LogP contribution in [0.5, 0.6) is 0 Å². The van der Waals surface area contributed by atoms with Crippen LogP contribution in [0.2, 0.25) is 10.0 Å². The topological polar surface area (TPSA) is 62.7 Å². The number of halogens is 2. The summed E-state index contributed by atoms with van der Waals surface area (Å²) in [5.74, 6) is 1.25. The minimum atomic E-state index is 0.455. The van der Waals surface area contributed by atoms with Crippen molar-refractivity contribution in [1.29, 1.82) is 0 Å². The highest BCUT2D eigenvalue weighted by Gasteiger charge is 2.22. The van der Waals surface area contributed by atoms with E-state index in [1.165, 1.54) is 0 Å². The van der Waals surface area contributed by atoms with Gasteiger partial charge in [-0.05, 0) is 43.2 Å². The number of anilines is 3. The molecular weight excluding hydrogens is 357 g/mol. The third kappa shape index (κ3) is 4.00. The molecule has 126 valence electrons. The highest BCUT2D eigenvalue weighted by molar-refractivity contribution is 6.36. The van der Waals surface area contributed by atoms with Crippen LogP contribution in [0.1, 0.15) is 12.8 Å². The standard InChI is InChI=1S/C18H15Cl2N5/c19-12-3-6-15(14(20)8-12)23-17-9-16(11-2-1-7-21-10-11)24-18(25-17)22-13-4-5-13/h1-3,6-10,13H,4-5H2,(H2,22,23,24,25). The molecule has 0 amide bonds. The number of aromatic nitrogens is 3. The van der Waals surface area contributed by atoms with Gasteiger partial charge in [-0.3, -0.25) is 4.98 Å². The van der Waals surface area contributed by atoms with Gasteiger partial charge in [-0.1, -0.05) is 23.2 Å². The van der Waals surface area contributed by atoms with Crippen molar-refractivity contribution in [1.82, 2.24) is 15.0 Å². The summed E-state index contributed by atoms with van der Waals surface area (Å²) < 4.78 is 0. The second kappa shape index (κ2) is 6.86. The van der Waals surface area contributed by atoms with Crippen LogP contribution in [-0.2, 0) is 0 Å². The fraction of sp³-hybridized carbons (Fsp3) is 0.167. The first kappa shape index (κ1) is 16.1. The van der Waals surface area contributed by atoms with Gasteiger partial charge < -0.3 is 10.6 Å². The fourth-order valence-electron chi connectivity index (χ4n) is 2.38. The molecule has 0 atom stereocenters. The minimum absolute atomic E-state index is 0.455. The summed E-state index contributed by atoms with van der Waals surface area (Å²) in [5.41, 5.74) is 2.45. The van der Waals surface area contributed by atoms with Crippen molar-refractivity contribution >= 4 is 40.7 Å². The number of nitrogens with one attached hydrogen (secondary N) is 2. The zero-order valence-corrected chi connectivity index (χ0v) is 14.7. The molecule has 25 heavy (non-hydrogen) atoms. The van der Waals surface area contributed by atoms with E-state index in [1.807, 2.05) is 24.3 Å². The molecule has 0 saturated heterocycles. The van der Waals surface area contributed by atoms with Crippen LogP contribution in [-0.4, -0.2) is 21.0 Å². The first-order chi connectivity index (χ1) is 12.2. The van der Waals surface area contributed by atoms with Crippen molar-refractivity contribution in [3.05, 3.63) is 58.8 Å². The maximum atomic E-state index is 6.25. The van der Waals surface area contributed by atoms with E-state index in [1.54, 1.807) is 24.5 Å². The molecule has 1 fully saturated rings. The van der Waals surface area contributed by atoms with Crippen LogP contribution < -0.4 is 10.6 Å². The molecule has 2 aromatic heterocycles. The maximum Gasteiger partial charge on any atom is 0.225 e. The van der Waals surface area contributed by atoms with Crippen LogP contribution in [0.15, 0.2) is 48.8 Å². The Morgan fingerprint density at radius 1 is 1.04 bits per heavy atom. The quantitative estimate of drug-likeness (QED) is 0.648. The lowest BCUT2D eigenvalue weighted by Crippen LogP contribution is -2.08. The van der Waals surface area contributed by atoms with E-state index in [0.717, 1.165) is 29.8 Å². The number of pyridine rings is 1. The maximum absolute atomic E-state index is 6.25. The van der Waals surface area contributed by atoms with Crippen molar-refractivity contribution in [2.75, 3.05) is 10.6 Å². The zero-order chi connectivity index (χ0) is 17.2. The van der Waals surface area contributed by atoms with Crippen LogP contribution in [0, 0.1) is 0 Å². The molecule has 0 aliphatic heterocycles. The average molecular weight is 372 g/mol. The number of hydrogen-bond acceptors (Lipinski definition) is 5. The second-order valence-electron chi connectivity index (χ2n) is 5.87. The number of hydrogen-bond donors (Lipinski definition) is 2. The monoisotopic (exact) mass is 371 g/mol. The Hall–Kier alpha value is -2.37. The Morgan fingerprint density at radius 2 is 1.92 bits per heavy atom. The Balaban J connectivity index is 1.70. The molecule has 2 heterocycles. The van der Waals surface area contributed by atoms with E-state index in [-0.39, 0.29) is 0 Å². The van der Waals surface area contributed by atoms with E-state index in [2.05, 4.69) is 25.6 Å². The summed E-state index contributed by atoms with van der Waals surface area (Å²) in [4.78, 5) is 13.3. The normalized spacial score (nSPS) is 13.5. The summed E-state index contributed by atoms with van der Waals surface area (Å²) in [6.07, 6.45) is 5.81. The molecule has 3 aromatic rings. The molecule has 1 saturated carbocycles. The summed E-state index contributed by atoms with van der Waals surface area (Å²) in [6.45, 7) is 0. The molecule has 1 aliphatic rings. The van der Waals surface area contributed by atoms with Gasteiger partial charge in [0, 0.05) is 35.1 Å². The predicted molar refractivity (Wildman–Crippen MR) is 102 cm³/mol. The lowest BCUT2D eigenvalue weighted by molar-refractivity contribution is 1.06. The van der Waals surface area contributed by atoms with E-state index < -0.39 is 0 Å². The van der Waals surface area contributed by atoms with E-state index >= 15 is 0 Å². The average Bonchev–Trinajstić information content (AvgIpc) is 3.42. The second-order valence-corrected chi connectivity index (χ2v) is 6.72. The summed E-state index contributed by atoms with van der Waals surface area (Å²) in [7, 11) is 0. The van der Waals surface area contributed by atoms with Crippen molar-refractivity contribution in [3.8, 4) is 11.3 Å². The smallest absolute Gasteiger partial charge is 0.225 e. The summed E-state index contributed by atoms with van der Waals surface area (Å²) in [5, 5.41) is 7.70. The highest BCUT2D eigenvalue weighted by Crippen LogP contribution is 2.30. The predicted octanol–water partition coefficient (Wildman–Crippen LogP) is 5.16. The van der Waals surface area contributed by atoms with E-state index in [4.69, 9.17) is 23.2 Å². The minimum Gasteiger partial charge on any atom is -0.351 e. The first-order valence-electron chi connectivity index (χ1n) is 7.95. The Labute approximate surface area is 155 Å². The van der Waals surface area contributed by atoms with Gasteiger partial charge in [0.2, 0.25) is 5.95 Å². The molecule has 0 radical (unpaired) electrons. The summed E-state index contributed by atoms with van der Waals surface area (Å²) >= 11 is 12.2. The number of benzene rings is 1. The van der Waals surface area contributed by atoms with E-state index in [0.29, 0.717) is 27.9 Å². The molecule has 5 nitrogen and oxygen atoms in total. The molecule has 0 spiro atoms. The zero-order valence-electron chi connectivity index (χ0n) is 13.2. The third-order valence-electron chi connectivity index (χ3n) is 3.79. The Kier molecular flexibility index (Phi) is 4.42. The SMILES string of the molecule is Clc1ccc(Nc2cc(-c3cccnc3)nc(NC3CC3)n2)c(Cl)c1. The van der Waals surface area contributed by atoms with Gasteiger partial charge in [0.1, 0.15) is 5.82 Å². The van der Waals surface area contributed by atoms with Crippen molar-refractivity contribution in [2.24, 2.45) is 0 Å². The van der Waals surface area contributed by atoms with Crippen LogP contribution in [0.25, 0.3) is 11.3 Å². The van der Waals surface area contributed by atoms with Gasteiger partial charge in [-0.2, -0.15) is 4.98 Å². The van der Waals surface area contributed by atoms with Gasteiger partial charge in [0.15, 0.2) is 0 Å². The molecular formula is C18H15Cl2N5. The van der Waals surface area contributed by atoms with Gasteiger partial charge in [-0.25, -0.2) is 4.98 Å². The Bertz CT molecular complexity index is 897. The lowest BCUT2D eigenvalue weighted by atomic mass is 10.2. The molecule has 2 N–H and O–H groups in total. The number of rotatable bonds is 5. The first-order valence-corrected chi connectivity index (χ1v) is 8.71. The van der Waals surface area contributed by atoms with Gasteiger partial charge >= 0.3 is 0 Å². The van der Waals surface area contributed by atoms with Crippen molar-refractivity contribution in [3.63, 3.8) is 0 Å². The van der Waals surface area contributed by atoms with Gasteiger partial charge in [0.25, 0.3) is 0 Å². The summed E-state index contributed by atoms with van der Waals surface area (Å²) in [6, 6.07) is 11.5. The van der Waals surface area contributed by atoms with Crippen LogP contribution in [0.3, 0.4) is 0 Å². The highest BCUT2D eigenvalue weighted by atomic mass is 35.5. The fourth-order valence-corrected chi connectivity index (χ4v) is 2.83. The molecule has 0 unspecified atom stereocenters. The number of nitrogens with zero attached hydrogens (tertiary/aromatic N) is 3. The van der Waals surface area contributed by atoms with Gasteiger partial charge in [0.05, 0.1) is 16.4 Å².